The molecule has 1 aromatic carbocycles. The van der Waals surface area contributed by atoms with E-state index in [-0.39, 0.29) is 0 Å². The predicted molar refractivity (Wildman–Crippen MR) is 66.1 cm³/mol. The topological polar surface area (TPSA) is 21.3 Å². The number of hydrogen-bond acceptors (Lipinski definition) is 2. The smallest absolute Gasteiger partial charge is 0.110 e. The van der Waals surface area contributed by atoms with E-state index < -0.39 is 0 Å². The van der Waals surface area contributed by atoms with Crippen molar-refractivity contribution in [3.63, 3.8) is 0 Å². The molecule has 0 fully saturated rings. The fourth-order valence-electron chi connectivity index (χ4n) is 1.93. The molecule has 1 aliphatic heterocycles. The standard InChI is InChI=1S/C14H19NO/c1-12-5-4-6-13(9-12)10-15-11-14-7-2-3-8-16-14/h3-6,8-9,14-15H,2,7,10-11H2,1H3. The summed E-state index contributed by atoms with van der Waals surface area (Å²) in [6.45, 7) is 3.97. The van der Waals surface area contributed by atoms with Crippen LogP contribution in [0.2, 0.25) is 0 Å². The highest BCUT2D eigenvalue weighted by Crippen LogP contribution is 2.09. The summed E-state index contributed by atoms with van der Waals surface area (Å²) in [6, 6.07) is 8.60. The van der Waals surface area contributed by atoms with E-state index >= 15 is 0 Å². The first kappa shape index (κ1) is 11.2. The molecule has 1 aromatic rings. The SMILES string of the molecule is Cc1cccc(CNCC2CCC=CO2)c1. The average Bonchev–Trinajstić information content (AvgIpc) is 2.30. The molecule has 1 N–H and O–H groups in total. The predicted octanol–water partition coefficient (Wildman–Crippen LogP) is 2.78. The largest absolute Gasteiger partial charge is 0.497 e. The van der Waals surface area contributed by atoms with Crippen molar-refractivity contribution in [2.45, 2.75) is 32.4 Å². The Hall–Kier alpha value is -1.28. The average molecular weight is 217 g/mol. The molecule has 2 nitrogen and oxygen atoms in total. The van der Waals surface area contributed by atoms with Gasteiger partial charge in [0.05, 0.1) is 6.26 Å². The van der Waals surface area contributed by atoms with Gasteiger partial charge >= 0.3 is 0 Å². The Morgan fingerprint density at radius 1 is 1.44 bits per heavy atom. The number of benzene rings is 1. The zero-order valence-corrected chi connectivity index (χ0v) is 9.78. The zero-order chi connectivity index (χ0) is 11.2. The van der Waals surface area contributed by atoms with Crippen LogP contribution in [0.15, 0.2) is 36.6 Å². The van der Waals surface area contributed by atoms with Gasteiger partial charge in [0.1, 0.15) is 6.10 Å². The van der Waals surface area contributed by atoms with E-state index in [1.54, 1.807) is 0 Å². The molecule has 1 atom stereocenters. The van der Waals surface area contributed by atoms with Gasteiger partial charge in [0, 0.05) is 13.1 Å². The highest BCUT2D eigenvalue weighted by Gasteiger charge is 2.09. The van der Waals surface area contributed by atoms with Gasteiger partial charge in [-0.2, -0.15) is 0 Å². The van der Waals surface area contributed by atoms with Crippen molar-refractivity contribution in [3.05, 3.63) is 47.7 Å². The summed E-state index contributed by atoms with van der Waals surface area (Å²) in [7, 11) is 0. The van der Waals surface area contributed by atoms with E-state index in [4.69, 9.17) is 4.74 Å². The van der Waals surface area contributed by atoms with Gasteiger partial charge < -0.3 is 10.1 Å². The molecule has 0 saturated heterocycles. The summed E-state index contributed by atoms with van der Waals surface area (Å²) < 4.78 is 5.50. The van der Waals surface area contributed by atoms with E-state index in [0.29, 0.717) is 6.10 Å². The van der Waals surface area contributed by atoms with E-state index in [1.165, 1.54) is 11.1 Å². The van der Waals surface area contributed by atoms with Crippen LogP contribution in [0.25, 0.3) is 0 Å². The van der Waals surface area contributed by atoms with Gasteiger partial charge in [0.25, 0.3) is 0 Å². The quantitative estimate of drug-likeness (QED) is 0.837. The van der Waals surface area contributed by atoms with Crippen LogP contribution in [-0.2, 0) is 11.3 Å². The zero-order valence-electron chi connectivity index (χ0n) is 9.78. The van der Waals surface area contributed by atoms with Gasteiger partial charge in [-0.1, -0.05) is 29.8 Å². The van der Waals surface area contributed by atoms with Gasteiger partial charge in [-0.15, -0.1) is 0 Å². The molecule has 1 heterocycles. The first-order chi connectivity index (χ1) is 7.84. The normalized spacial score (nSPS) is 19.4. The third-order valence-electron chi connectivity index (χ3n) is 2.81. The monoisotopic (exact) mass is 217 g/mol. The maximum atomic E-state index is 5.50. The molecule has 1 aliphatic rings. The summed E-state index contributed by atoms with van der Waals surface area (Å²) in [5.74, 6) is 0. The van der Waals surface area contributed by atoms with Crippen molar-refractivity contribution < 1.29 is 4.74 Å². The van der Waals surface area contributed by atoms with Crippen LogP contribution in [0.1, 0.15) is 24.0 Å². The summed E-state index contributed by atoms with van der Waals surface area (Å²) in [5, 5.41) is 3.44. The Kier molecular flexibility index (Phi) is 4.00. The summed E-state index contributed by atoms with van der Waals surface area (Å²) in [6.07, 6.45) is 6.50. The molecule has 0 spiro atoms. The fourth-order valence-corrected chi connectivity index (χ4v) is 1.93. The molecule has 0 saturated carbocycles. The second-order valence-electron chi connectivity index (χ2n) is 4.33. The minimum atomic E-state index is 0.342. The Morgan fingerprint density at radius 2 is 2.38 bits per heavy atom. The van der Waals surface area contributed by atoms with Crippen molar-refractivity contribution in [1.29, 1.82) is 0 Å². The van der Waals surface area contributed by atoms with Gasteiger partial charge in [-0.25, -0.2) is 0 Å². The fraction of sp³-hybridized carbons (Fsp3) is 0.429. The molecular weight excluding hydrogens is 198 g/mol. The lowest BCUT2D eigenvalue weighted by molar-refractivity contribution is 0.122. The number of allylic oxidation sites excluding steroid dienone is 1. The van der Waals surface area contributed by atoms with Crippen molar-refractivity contribution in [2.24, 2.45) is 0 Å². The molecule has 2 rings (SSSR count). The second kappa shape index (κ2) is 5.71. The molecule has 0 aliphatic carbocycles. The Morgan fingerprint density at radius 3 is 3.12 bits per heavy atom. The Balaban J connectivity index is 1.73. The number of hydrogen-bond donors (Lipinski definition) is 1. The maximum absolute atomic E-state index is 5.50. The minimum absolute atomic E-state index is 0.342. The van der Waals surface area contributed by atoms with Gasteiger partial charge in [0.15, 0.2) is 0 Å². The lowest BCUT2D eigenvalue weighted by atomic mass is 10.1. The van der Waals surface area contributed by atoms with Crippen LogP contribution in [-0.4, -0.2) is 12.6 Å². The number of aryl methyl sites for hydroxylation is 1. The van der Waals surface area contributed by atoms with Crippen molar-refractivity contribution in [3.8, 4) is 0 Å². The first-order valence-electron chi connectivity index (χ1n) is 5.91. The summed E-state index contributed by atoms with van der Waals surface area (Å²) >= 11 is 0. The summed E-state index contributed by atoms with van der Waals surface area (Å²) in [5.41, 5.74) is 2.66. The van der Waals surface area contributed by atoms with Crippen molar-refractivity contribution >= 4 is 0 Å². The van der Waals surface area contributed by atoms with Gasteiger partial charge in [-0.05, 0) is 31.4 Å². The van der Waals surface area contributed by atoms with Crippen molar-refractivity contribution in [1.82, 2.24) is 5.32 Å². The van der Waals surface area contributed by atoms with Crippen LogP contribution in [0.3, 0.4) is 0 Å². The molecule has 16 heavy (non-hydrogen) atoms. The van der Waals surface area contributed by atoms with Crippen LogP contribution < -0.4 is 5.32 Å². The van der Waals surface area contributed by atoms with Gasteiger partial charge in [-0.3, -0.25) is 0 Å². The Labute approximate surface area is 97.3 Å². The van der Waals surface area contributed by atoms with E-state index in [0.717, 1.165) is 25.9 Å². The van der Waals surface area contributed by atoms with E-state index in [1.807, 2.05) is 6.26 Å². The molecule has 0 bridgehead atoms. The highest BCUT2D eigenvalue weighted by atomic mass is 16.5. The number of nitrogens with one attached hydrogen (secondary N) is 1. The molecule has 0 radical (unpaired) electrons. The van der Waals surface area contributed by atoms with Crippen LogP contribution in [0.5, 0.6) is 0 Å². The maximum Gasteiger partial charge on any atom is 0.110 e. The number of rotatable bonds is 4. The molecule has 0 aromatic heterocycles. The number of ether oxygens (including phenoxy) is 1. The molecule has 2 heteroatoms. The third kappa shape index (κ3) is 3.38. The lowest BCUT2D eigenvalue weighted by Crippen LogP contribution is -2.28. The Bertz CT molecular complexity index is 360. The second-order valence-corrected chi connectivity index (χ2v) is 4.33. The highest BCUT2D eigenvalue weighted by molar-refractivity contribution is 5.21. The lowest BCUT2D eigenvalue weighted by Gasteiger charge is -2.19. The first-order valence-corrected chi connectivity index (χ1v) is 5.91. The van der Waals surface area contributed by atoms with Crippen LogP contribution in [0, 0.1) is 6.92 Å². The van der Waals surface area contributed by atoms with Crippen LogP contribution in [0.4, 0.5) is 0 Å². The molecule has 1 unspecified atom stereocenters. The third-order valence-corrected chi connectivity index (χ3v) is 2.81. The minimum Gasteiger partial charge on any atom is -0.497 e. The van der Waals surface area contributed by atoms with Crippen LogP contribution >= 0.6 is 0 Å². The molecule has 86 valence electrons. The molecule has 0 amide bonds. The van der Waals surface area contributed by atoms with Gasteiger partial charge in [0.2, 0.25) is 0 Å². The van der Waals surface area contributed by atoms with Crippen molar-refractivity contribution in [2.75, 3.05) is 6.54 Å². The van der Waals surface area contributed by atoms with E-state index in [9.17, 15) is 0 Å². The molecular formula is C14H19NO. The van der Waals surface area contributed by atoms with E-state index in [2.05, 4.69) is 42.6 Å². The summed E-state index contributed by atoms with van der Waals surface area (Å²) in [4.78, 5) is 0.